The quantitative estimate of drug-likeness (QED) is 0.455. The Labute approximate surface area is 127 Å². The van der Waals surface area contributed by atoms with E-state index in [4.69, 9.17) is 5.11 Å². The summed E-state index contributed by atoms with van der Waals surface area (Å²) in [5.74, 6) is -1.61. The molecule has 0 saturated heterocycles. The molecule has 0 aliphatic heterocycles. The van der Waals surface area contributed by atoms with Gasteiger partial charge >= 0.3 is 5.97 Å². The molecular formula is C15H18N2O5. The lowest BCUT2D eigenvalue weighted by Gasteiger charge is -2.13. The van der Waals surface area contributed by atoms with E-state index in [1.54, 1.807) is 12.1 Å². The van der Waals surface area contributed by atoms with Crippen molar-refractivity contribution in [1.29, 1.82) is 0 Å². The summed E-state index contributed by atoms with van der Waals surface area (Å²) < 4.78 is 0. The van der Waals surface area contributed by atoms with E-state index >= 15 is 0 Å². The first-order valence-corrected chi connectivity index (χ1v) is 6.68. The summed E-state index contributed by atoms with van der Waals surface area (Å²) in [5.41, 5.74) is 1.31. The highest BCUT2D eigenvalue weighted by Crippen LogP contribution is 2.13. The standard InChI is InChI=1S/C15H18N2O5/c1-10(2)6-7-13(15(19)20)16-14(18)9-11-4-3-5-12(8-11)17(21)22/h3-6,8,13H,7,9H2,1-2H3,(H,16,18)(H,19,20)/t13-/m0/s1. The summed E-state index contributed by atoms with van der Waals surface area (Å²) >= 11 is 0. The number of nitrogens with zero attached hydrogens (tertiary/aromatic N) is 1. The predicted octanol–water partition coefficient (Wildman–Crippen LogP) is 2.06. The normalized spacial score (nSPS) is 11.4. The molecule has 7 heteroatoms. The molecule has 1 amide bonds. The highest BCUT2D eigenvalue weighted by Gasteiger charge is 2.19. The zero-order valence-electron chi connectivity index (χ0n) is 12.4. The van der Waals surface area contributed by atoms with Crippen LogP contribution in [0.1, 0.15) is 25.8 Å². The van der Waals surface area contributed by atoms with E-state index in [1.165, 1.54) is 18.2 Å². The van der Waals surface area contributed by atoms with E-state index in [-0.39, 0.29) is 18.5 Å². The number of hydrogen-bond donors (Lipinski definition) is 2. The molecule has 0 fully saturated rings. The van der Waals surface area contributed by atoms with Crippen molar-refractivity contribution in [3.05, 3.63) is 51.6 Å². The molecule has 0 radical (unpaired) electrons. The van der Waals surface area contributed by atoms with Gasteiger partial charge in [-0.2, -0.15) is 0 Å². The zero-order chi connectivity index (χ0) is 16.7. The van der Waals surface area contributed by atoms with Crippen molar-refractivity contribution in [3.63, 3.8) is 0 Å². The molecule has 1 aromatic rings. The number of carboxylic acid groups (broad SMARTS) is 1. The number of non-ortho nitro benzene ring substituents is 1. The van der Waals surface area contributed by atoms with Crippen molar-refractivity contribution in [2.75, 3.05) is 0 Å². The second-order valence-electron chi connectivity index (χ2n) is 5.08. The number of carbonyl (C=O) groups is 2. The number of carboxylic acids is 1. The Morgan fingerprint density at radius 3 is 2.64 bits per heavy atom. The lowest BCUT2D eigenvalue weighted by atomic mass is 10.1. The second-order valence-corrected chi connectivity index (χ2v) is 5.08. The average Bonchev–Trinajstić information content (AvgIpc) is 2.43. The Balaban J connectivity index is 2.71. The number of benzene rings is 1. The number of rotatable bonds is 7. The number of amides is 1. The van der Waals surface area contributed by atoms with Gasteiger partial charge in [0.15, 0.2) is 0 Å². The highest BCUT2D eigenvalue weighted by atomic mass is 16.6. The van der Waals surface area contributed by atoms with Crippen LogP contribution in [-0.4, -0.2) is 27.9 Å². The van der Waals surface area contributed by atoms with Crippen LogP contribution in [0, 0.1) is 10.1 Å². The number of nitro groups is 1. The van der Waals surface area contributed by atoms with Gasteiger partial charge in [-0.1, -0.05) is 23.8 Å². The first-order chi connectivity index (χ1) is 10.3. The lowest BCUT2D eigenvalue weighted by molar-refractivity contribution is -0.384. The molecule has 0 heterocycles. The van der Waals surface area contributed by atoms with Crippen molar-refractivity contribution < 1.29 is 19.6 Å². The van der Waals surface area contributed by atoms with Gasteiger partial charge in [0.2, 0.25) is 5.91 Å². The summed E-state index contributed by atoms with van der Waals surface area (Å²) in [6.45, 7) is 3.67. The highest BCUT2D eigenvalue weighted by molar-refractivity contribution is 5.85. The maximum atomic E-state index is 11.9. The predicted molar refractivity (Wildman–Crippen MR) is 80.4 cm³/mol. The molecule has 1 rings (SSSR count). The van der Waals surface area contributed by atoms with Gasteiger partial charge in [-0.05, 0) is 25.8 Å². The SMILES string of the molecule is CC(C)=CC[C@H](NC(=O)Cc1cccc([N+](=O)[O-])c1)C(=O)O. The first-order valence-electron chi connectivity index (χ1n) is 6.68. The van der Waals surface area contributed by atoms with Gasteiger partial charge in [0.05, 0.1) is 11.3 Å². The summed E-state index contributed by atoms with van der Waals surface area (Å²) in [5, 5.41) is 22.2. The largest absolute Gasteiger partial charge is 0.480 e. The second kappa shape index (κ2) is 7.92. The first kappa shape index (κ1) is 17.4. The Morgan fingerprint density at radius 1 is 1.41 bits per heavy atom. The van der Waals surface area contributed by atoms with Crippen LogP contribution in [0.5, 0.6) is 0 Å². The summed E-state index contributed by atoms with van der Waals surface area (Å²) in [4.78, 5) is 33.1. The third-order valence-corrected chi connectivity index (χ3v) is 2.88. The molecule has 7 nitrogen and oxygen atoms in total. The number of aliphatic carboxylic acids is 1. The molecule has 0 bridgehead atoms. The van der Waals surface area contributed by atoms with Crippen LogP contribution in [0.25, 0.3) is 0 Å². The molecule has 0 spiro atoms. The lowest BCUT2D eigenvalue weighted by Crippen LogP contribution is -2.41. The van der Waals surface area contributed by atoms with Crippen molar-refractivity contribution in [2.45, 2.75) is 32.7 Å². The molecular weight excluding hydrogens is 288 g/mol. The fourth-order valence-corrected chi connectivity index (χ4v) is 1.79. The van der Waals surface area contributed by atoms with Gasteiger partial charge in [0.1, 0.15) is 6.04 Å². The third kappa shape index (κ3) is 5.74. The molecule has 1 aromatic carbocycles. The molecule has 0 saturated carbocycles. The Bertz CT molecular complexity index is 606. The molecule has 0 aliphatic rings. The molecule has 0 unspecified atom stereocenters. The maximum absolute atomic E-state index is 11.9. The van der Waals surface area contributed by atoms with E-state index in [2.05, 4.69) is 5.32 Å². The van der Waals surface area contributed by atoms with Crippen LogP contribution in [0.2, 0.25) is 0 Å². The van der Waals surface area contributed by atoms with Gasteiger partial charge in [0.25, 0.3) is 5.69 Å². The number of nitrogens with one attached hydrogen (secondary N) is 1. The van der Waals surface area contributed by atoms with Crippen LogP contribution in [-0.2, 0) is 16.0 Å². The number of carbonyl (C=O) groups excluding carboxylic acids is 1. The number of allylic oxidation sites excluding steroid dienone is 1. The van der Waals surface area contributed by atoms with E-state index in [0.29, 0.717) is 5.56 Å². The average molecular weight is 306 g/mol. The Morgan fingerprint density at radius 2 is 2.09 bits per heavy atom. The van der Waals surface area contributed by atoms with E-state index < -0.39 is 22.8 Å². The van der Waals surface area contributed by atoms with Crippen molar-refractivity contribution >= 4 is 17.6 Å². The van der Waals surface area contributed by atoms with Gasteiger partial charge in [0, 0.05) is 12.1 Å². The van der Waals surface area contributed by atoms with Gasteiger partial charge < -0.3 is 10.4 Å². The molecule has 0 aliphatic carbocycles. The van der Waals surface area contributed by atoms with E-state index in [0.717, 1.165) is 5.57 Å². The van der Waals surface area contributed by atoms with Crippen LogP contribution in [0.3, 0.4) is 0 Å². The fourth-order valence-electron chi connectivity index (χ4n) is 1.79. The summed E-state index contributed by atoms with van der Waals surface area (Å²) in [6, 6.07) is 4.68. The zero-order valence-corrected chi connectivity index (χ0v) is 12.4. The minimum Gasteiger partial charge on any atom is -0.480 e. The molecule has 1 atom stereocenters. The van der Waals surface area contributed by atoms with Crippen molar-refractivity contribution in [1.82, 2.24) is 5.32 Å². The summed E-state index contributed by atoms with van der Waals surface area (Å²) in [6.07, 6.45) is 1.81. The minimum atomic E-state index is -1.12. The molecule has 22 heavy (non-hydrogen) atoms. The van der Waals surface area contributed by atoms with Crippen LogP contribution >= 0.6 is 0 Å². The number of hydrogen-bond acceptors (Lipinski definition) is 4. The Hall–Kier alpha value is -2.70. The third-order valence-electron chi connectivity index (χ3n) is 2.88. The topological polar surface area (TPSA) is 110 Å². The van der Waals surface area contributed by atoms with Crippen molar-refractivity contribution in [3.8, 4) is 0 Å². The molecule has 118 valence electrons. The van der Waals surface area contributed by atoms with Crippen LogP contribution < -0.4 is 5.32 Å². The fraction of sp³-hybridized carbons (Fsp3) is 0.333. The maximum Gasteiger partial charge on any atom is 0.326 e. The Kier molecular flexibility index (Phi) is 6.25. The van der Waals surface area contributed by atoms with Crippen molar-refractivity contribution in [2.24, 2.45) is 0 Å². The molecule has 2 N–H and O–H groups in total. The van der Waals surface area contributed by atoms with Crippen LogP contribution in [0.15, 0.2) is 35.9 Å². The molecule has 0 aromatic heterocycles. The van der Waals surface area contributed by atoms with E-state index in [9.17, 15) is 19.7 Å². The monoisotopic (exact) mass is 306 g/mol. The minimum absolute atomic E-state index is 0.107. The van der Waals surface area contributed by atoms with Crippen LogP contribution in [0.4, 0.5) is 5.69 Å². The van der Waals surface area contributed by atoms with Gasteiger partial charge in [-0.25, -0.2) is 4.79 Å². The van der Waals surface area contributed by atoms with Gasteiger partial charge in [-0.15, -0.1) is 0 Å². The van der Waals surface area contributed by atoms with E-state index in [1.807, 2.05) is 13.8 Å². The smallest absolute Gasteiger partial charge is 0.326 e. The van der Waals surface area contributed by atoms with Gasteiger partial charge in [-0.3, -0.25) is 14.9 Å². The summed E-state index contributed by atoms with van der Waals surface area (Å²) in [7, 11) is 0. The number of nitro benzene ring substituents is 1.